The maximum Gasteiger partial charge on any atom is 0.148 e. The lowest BCUT2D eigenvalue weighted by Gasteiger charge is -2.33. The van der Waals surface area contributed by atoms with Crippen molar-refractivity contribution < 1.29 is 4.74 Å². The molecule has 0 spiro atoms. The number of ether oxygens (including phenoxy) is 1. The normalized spacial score (nSPS) is 16.9. The molecule has 0 radical (unpaired) electrons. The summed E-state index contributed by atoms with van der Waals surface area (Å²) < 4.78 is 5.65. The second-order valence-corrected chi connectivity index (χ2v) is 4.46. The first-order valence-electron chi connectivity index (χ1n) is 6.41. The predicted molar refractivity (Wildman–Crippen MR) is 71.4 cm³/mol. The molecule has 0 aromatic carbocycles. The molecule has 1 fully saturated rings. The lowest BCUT2D eigenvalue weighted by molar-refractivity contribution is 0.0458. The molecule has 2 rings (SSSR count). The zero-order chi connectivity index (χ0) is 13.0. The van der Waals surface area contributed by atoms with Crippen LogP contribution in [0.15, 0.2) is 6.33 Å². The van der Waals surface area contributed by atoms with Gasteiger partial charge in [0.25, 0.3) is 0 Å². The molecule has 6 heteroatoms. The molecule has 2 heterocycles. The first-order chi connectivity index (χ1) is 8.76. The monoisotopic (exact) mass is 251 g/mol. The van der Waals surface area contributed by atoms with Crippen LogP contribution in [-0.4, -0.2) is 35.8 Å². The first kappa shape index (κ1) is 13.0. The highest BCUT2D eigenvalue weighted by molar-refractivity contribution is 5.57. The van der Waals surface area contributed by atoms with Crippen LogP contribution >= 0.6 is 0 Å². The van der Waals surface area contributed by atoms with Crippen LogP contribution in [0.2, 0.25) is 0 Å². The van der Waals surface area contributed by atoms with E-state index in [1.165, 1.54) is 0 Å². The van der Waals surface area contributed by atoms with Gasteiger partial charge < -0.3 is 15.1 Å². The number of nitrogen functional groups attached to an aromatic ring is 1. The van der Waals surface area contributed by atoms with Gasteiger partial charge >= 0.3 is 0 Å². The Balaban J connectivity index is 2.05. The van der Waals surface area contributed by atoms with Gasteiger partial charge in [-0.3, -0.25) is 0 Å². The Kier molecular flexibility index (Phi) is 4.33. The molecular weight excluding hydrogens is 230 g/mol. The summed E-state index contributed by atoms with van der Waals surface area (Å²) in [6.07, 6.45) is 4.03. The molecule has 0 bridgehead atoms. The molecule has 1 saturated heterocycles. The van der Waals surface area contributed by atoms with E-state index in [-0.39, 0.29) is 0 Å². The highest BCUT2D eigenvalue weighted by atomic mass is 16.5. The van der Waals surface area contributed by atoms with Gasteiger partial charge in [0.15, 0.2) is 0 Å². The van der Waals surface area contributed by atoms with E-state index < -0.39 is 0 Å². The Hall–Kier alpha value is -1.40. The molecule has 1 aromatic rings. The summed E-state index contributed by atoms with van der Waals surface area (Å²) in [6.45, 7) is 6.75. The van der Waals surface area contributed by atoms with Gasteiger partial charge in [-0.2, -0.15) is 0 Å². The molecule has 1 aliphatic rings. The smallest absolute Gasteiger partial charge is 0.148 e. The second kappa shape index (κ2) is 5.97. The number of piperidine rings is 1. The van der Waals surface area contributed by atoms with Crippen LogP contribution in [0.5, 0.6) is 0 Å². The molecule has 1 aromatic heterocycles. The minimum atomic E-state index is 0.389. The third-order valence-electron chi connectivity index (χ3n) is 3.34. The van der Waals surface area contributed by atoms with Crippen LogP contribution in [0.25, 0.3) is 0 Å². The number of hydrazine groups is 1. The average molecular weight is 251 g/mol. The highest BCUT2D eigenvalue weighted by Crippen LogP contribution is 2.25. The number of nitrogens with zero attached hydrogens (tertiary/aromatic N) is 3. The van der Waals surface area contributed by atoms with Crippen molar-refractivity contribution in [3.05, 3.63) is 11.9 Å². The van der Waals surface area contributed by atoms with E-state index in [1.54, 1.807) is 6.33 Å². The number of nitrogens with two attached hydrogens (primary N) is 1. The Labute approximate surface area is 108 Å². The van der Waals surface area contributed by atoms with E-state index in [9.17, 15) is 0 Å². The Morgan fingerprint density at radius 2 is 2.17 bits per heavy atom. The zero-order valence-electron chi connectivity index (χ0n) is 11.0. The molecule has 18 heavy (non-hydrogen) atoms. The van der Waals surface area contributed by atoms with Crippen molar-refractivity contribution in [3.63, 3.8) is 0 Å². The van der Waals surface area contributed by atoms with E-state index in [0.717, 1.165) is 43.9 Å². The zero-order valence-corrected chi connectivity index (χ0v) is 11.0. The van der Waals surface area contributed by atoms with Gasteiger partial charge in [-0.1, -0.05) is 0 Å². The summed E-state index contributed by atoms with van der Waals surface area (Å²) >= 11 is 0. The van der Waals surface area contributed by atoms with E-state index in [0.29, 0.717) is 11.9 Å². The lowest BCUT2D eigenvalue weighted by atomic mass is 10.1. The van der Waals surface area contributed by atoms with Crippen molar-refractivity contribution in [1.82, 2.24) is 9.97 Å². The fourth-order valence-electron chi connectivity index (χ4n) is 2.38. The molecule has 0 saturated carbocycles. The predicted octanol–water partition coefficient (Wildman–Crippen LogP) is 1.08. The van der Waals surface area contributed by atoms with Crippen LogP contribution < -0.4 is 16.2 Å². The number of anilines is 2. The summed E-state index contributed by atoms with van der Waals surface area (Å²) in [5, 5.41) is 0. The molecular formula is C12H21N5O. The van der Waals surface area contributed by atoms with Crippen molar-refractivity contribution in [2.75, 3.05) is 30.0 Å². The van der Waals surface area contributed by atoms with Crippen LogP contribution in [0.4, 0.5) is 11.6 Å². The number of hydrogen-bond donors (Lipinski definition) is 2. The number of hydrogen-bond acceptors (Lipinski definition) is 6. The highest BCUT2D eigenvalue weighted by Gasteiger charge is 2.22. The molecule has 0 atom stereocenters. The van der Waals surface area contributed by atoms with E-state index in [4.69, 9.17) is 10.6 Å². The van der Waals surface area contributed by atoms with Gasteiger partial charge in [0, 0.05) is 25.3 Å². The minimum absolute atomic E-state index is 0.389. The van der Waals surface area contributed by atoms with Gasteiger partial charge in [-0.15, -0.1) is 0 Å². The Bertz CT molecular complexity index is 390. The minimum Gasteiger partial charge on any atom is -0.378 e. The topological polar surface area (TPSA) is 76.3 Å². The maximum atomic E-state index is 5.65. The Morgan fingerprint density at radius 1 is 1.44 bits per heavy atom. The van der Waals surface area contributed by atoms with E-state index >= 15 is 0 Å². The summed E-state index contributed by atoms with van der Waals surface area (Å²) in [4.78, 5) is 10.7. The van der Waals surface area contributed by atoms with Crippen LogP contribution in [0.1, 0.15) is 25.3 Å². The average Bonchev–Trinajstić information content (AvgIpc) is 2.41. The summed E-state index contributed by atoms with van der Waals surface area (Å²) in [5.74, 6) is 7.08. The van der Waals surface area contributed by atoms with Gasteiger partial charge in [0.1, 0.15) is 18.0 Å². The van der Waals surface area contributed by atoms with Crippen LogP contribution in [0, 0.1) is 6.92 Å². The number of rotatable bonds is 4. The van der Waals surface area contributed by atoms with Crippen molar-refractivity contribution in [2.24, 2.45) is 5.84 Å². The van der Waals surface area contributed by atoms with Crippen molar-refractivity contribution in [2.45, 2.75) is 32.8 Å². The first-order valence-corrected chi connectivity index (χ1v) is 6.41. The SMILES string of the molecule is CCOC1CCN(c2ncnc(NN)c2C)CC1. The summed E-state index contributed by atoms with van der Waals surface area (Å²) in [7, 11) is 0. The molecule has 0 aliphatic carbocycles. The third-order valence-corrected chi connectivity index (χ3v) is 3.34. The molecule has 0 unspecified atom stereocenters. The molecule has 6 nitrogen and oxygen atoms in total. The number of aromatic nitrogens is 2. The molecule has 100 valence electrons. The molecule has 3 N–H and O–H groups in total. The van der Waals surface area contributed by atoms with Gasteiger partial charge in [-0.05, 0) is 26.7 Å². The van der Waals surface area contributed by atoms with E-state index in [2.05, 4.69) is 20.3 Å². The fourth-order valence-corrected chi connectivity index (χ4v) is 2.38. The van der Waals surface area contributed by atoms with Gasteiger partial charge in [-0.25, -0.2) is 15.8 Å². The van der Waals surface area contributed by atoms with Crippen molar-refractivity contribution in [3.8, 4) is 0 Å². The quantitative estimate of drug-likeness (QED) is 0.616. The molecule has 0 amide bonds. The third kappa shape index (κ3) is 2.70. The lowest BCUT2D eigenvalue weighted by Crippen LogP contribution is -2.38. The Morgan fingerprint density at radius 3 is 2.78 bits per heavy atom. The molecule has 1 aliphatic heterocycles. The van der Waals surface area contributed by atoms with Gasteiger partial charge in [0.05, 0.1) is 6.10 Å². The van der Waals surface area contributed by atoms with Crippen molar-refractivity contribution >= 4 is 11.6 Å². The largest absolute Gasteiger partial charge is 0.378 e. The number of nitrogens with one attached hydrogen (secondary N) is 1. The fraction of sp³-hybridized carbons (Fsp3) is 0.667. The van der Waals surface area contributed by atoms with Crippen LogP contribution in [0.3, 0.4) is 0 Å². The van der Waals surface area contributed by atoms with Crippen molar-refractivity contribution in [1.29, 1.82) is 0 Å². The van der Waals surface area contributed by atoms with Crippen LogP contribution in [-0.2, 0) is 4.74 Å². The van der Waals surface area contributed by atoms with Gasteiger partial charge in [0.2, 0.25) is 0 Å². The summed E-state index contributed by atoms with van der Waals surface area (Å²) in [5.41, 5.74) is 3.60. The van der Waals surface area contributed by atoms with E-state index in [1.807, 2.05) is 13.8 Å². The standard InChI is InChI=1S/C12H21N5O/c1-3-18-10-4-6-17(7-5-10)12-9(2)11(16-13)14-8-15-12/h8,10H,3-7,13H2,1-2H3,(H,14,15,16). The summed E-state index contributed by atoms with van der Waals surface area (Å²) in [6, 6.07) is 0. The maximum absolute atomic E-state index is 5.65. The second-order valence-electron chi connectivity index (χ2n) is 4.46.